The summed E-state index contributed by atoms with van der Waals surface area (Å²) < 4.78 is 4.02. The zero-order chi connectivity index (χ0) is 15.5. The number of rotatable bonds is 5. The number of hydrogen-bond acceptors (Lipinski definition) is 3. The number of benzene rings is 1. The molecule has 22 heavy (non-hydrogen) atoms. The third kappa shape index (κ3) is 2.90. The molecular formula is C16H16N4O2. The van der Waals surface area contributed by atoms with Crippen molar-refractivity contribution in [2.45, 2.75) is 13.0 Å². The van der Waals surface area contributed by atoms with Gasteiger partial charge in [-0.3, -0.25) is 0 Å². The lowest BCUT2D eigenvalue weighted by Crippen LogP contribution is -2.08. The second-order valence-corrected chi connectivity index (χ2v) is 5.10. The first kappa shape index (κ1) is 14.1. The molecule has 0 aliphatic heterocycles. The van der Waals surface area contributed by atoms with Crippen LogP contribution in [0.2, 0.25) is 0 Å². The van der Waals surface area contributed by atoms with Crippen LogP contribution < -0.4 is 0 Å². The van der Waals surface area contributed by atoms with E-state index in [1.54, 1.807) is 24.5 Å². The Bertz CT molecular complexity index is 787. The lowest BCUT2D eigenvalue weighted by Gasteiger charge is -2.08. The van der Waals surface area contributed by atoms with E-state index in [0.717, 1.165) is 17.2 Å². The lowest BCUT2D eigenvalue weighted by molar-refractivity contribution is 0.0697. The van der Waals surface area contributed by atoms with Crippen molar-refractivity contribution in [3.05, 3.63) is 71.8 Å². The molecule has 0 spiro atoms. The van der Waals surface area contributed by atoms with Crippen LogP contribution in [0.15, 0.2) is 49.1 Å². The number of carboxylic acids is 1. The largest absolute Gasteiger partial charge is 0.478 e. The summed E-state index contributed by atoms with van der Waals surface area (Å²) >= 11 is 0. The van der Waals surface area contributed by atoms with Crippen molar-refractivity contribution >= 4 is 5.97 Å². The van der Waals surface area contributed by atoms with Gasteiger partial charge in [-0.25, -0.2) is 14.8 Å². The molecule has 1 aromatic carbocycles. The average Bonchev–Trinajstić information content (AvgIpc) is 3.10. The molecule has 2 heterocycles. The van der Waals surface area contributed by atoms with Crippen LogP contribution in [0.4, 0.5) is 0 Å². The maximum Gasteiger partial charge on any atom is 0.335 e. The van der Waals surface area contributed by atoms with Crippen LogP contribution >= 0.6 is 0 Å². The maximum absolute atomic E-state index is 10.9. The van der Waals surface area contributed by atoms with E-state index < -0.39 is 5.97 Å². The van der Waals surface area contributed by atoms with Crippen LogP contribution in [0.25, 0.3) is 0 Å². The summed E-state index contributed by atoms with van der Waals surface area (Å²) in [6, 6.07) is 6.89. The van der Waals surface area contributed by atoms with Crippen molar-refractivity contribution in [1.82, 2.24) is 19.1 Å². The number of carbonyl (C=O) groups is 1. The van der Waals surface area contributed by atoms with Crippen molar-refractivity contribution in [3.63, 3.8) is 0 Å². The lowest BCUT2D eigenvalue weighted by atomic mass is 10.1. The van der Waals surface area contributed by atoms with E-state index in [1.807, 2.05) is 40.7 Å². The fraction of sp³-hybridized carbons (Fsp3) is 0.188. The normalized spacial score (nSPS) is 10.8. The van der Waals surface area contributed by atoms with E-state index in [1.165, 1.54) is 0 Å². The average molecular weight is 296 g/mol. The molecule has 0 bridgehead atoms. The first-order valence-corrected chi connectivity index (χ1v) is 6.92. The molecule has 6 nitrogen and oxygen atoms in total. The van der Waals surface area contributed by atoms with Crippen molar-refractivity contribution in [1.29, 1.82) is 0 Å². The highest BCUT2D eigenvalue weighted by Gasteiger charge is 2.08. The number of aromatic nitrogens is 4. The third-order valence-corrected chi connectivity index (χ3v) is 3.59. The van der Waals surface area contributed by atoms with E-state index >= 15 is 0 Å². The molecule has 0 radical (unpaired) electrons. The molecule has 3 aromatic rings. The van der Waals surface area contributed by atoms with Gasteiger partial charge in [0, 0.05) is 38.4 Å². The quantitative estimate of drug-likeness (QED) is 0.781. The molecule has 0 atom stereocenters. The van der Waals surface area contributed by atoms with Crippen LogP contribution in [0.1, 0.15) is 27.6 Å². The standard InChI is InChI=1S/C16H16N4O2/c1-19-8-6-17-14(19)10-15-18-7-9-20(15)11-12-2-4-13(5-3-12)16(21)22/h2-9H,10-11H2,1H3,(H,21,22). The number of carboxylic acid groups (broad SMARTS) is 1. The van der Waals surface area contributed by atoms with E-state index in [4.69, 9.17) is 5.11 Å². The van der Waals surface area contributed by atoms with Crippen molar-refractivity contribution in [3.8, 4) is 0 Å². The molecule has 6 heteroatoms. The van der Waals surface area contributed by atoms with Crippen molar-refractivity contribution < 1.29 is 9.90 Å². The molecule has 0 aliphatic rings. The highest BCUT2D eigenvalue weighted by Crippen LogP contribution is 2.11. The third-order valence-electron chi connectivity index (χ3n) is 3.59. The molecule has 112 valence electrons. The Labute approximate surface area is 127 Å². The second kappa shape index (κ2) is 5.85. The first-order valence-electron chi connectivity index (χ1n) is 6.92. The minimum atomic E-state index is -0.912. The molecule has 0 unspecified atom stereocenters. The van der Waals surface area contributed by atoms with E-state index in [-0.39, 0.29) is 0 Å². The minimum absolute atomic E-state index is 0.294. The van der Waals surface area contributed by atoms with Gasteiger partial charge >= 0.3 is 5.97 Å². The summed E-state index contributed by atoms with van der Waals surface area (Å²) in [5.41, 5.74) is 1.33. The number of hydrogen-bond donors (Lipinski definition) is 1. The number of nitrogens with zero attached hydrogens (tertiary/aromatic N) is 4. The molecule has 0 saturated heterocycles. The Morgan fingerprint density at radius 2 is 1.77 bits per heavy atom. The fourth-order valence-electron chi connectivity index (χ4n) is 2.31. The Hall–Kier alpha value is -2.89. The predicted molar refractivity (Wildman–Crippen MR) is 80.7 cm³/mol. The molecule has 0 aliphatic carbocycles. The van der Waals surface area contributed by atoms with Gasteiger partial charge in [0.15, 0.2) is 0 Å². The second-order valence-electron chi connectivity index (χ2n) is 5.10. The summed E-state index contributed by atoms with van der Waals surface area (Å²) in [5.74, 6) is 0.968. The van der Waals surface area contributed by atoms with Gasteiger partial charge in [0.25, 0.3) is 0 Å². The molecule has 1 N–H and O–H groups in total. The monoisotopic (exact) mass is 296 g/mol. The van der Waals surface area contributed by atoms with Crippen LogP contribution in [-0.2, 0) is 20.0 Å². The van der Waals surface area contributed by atoms with Gasteiger partial charge in [-0.15, -0.1) is 0 Å². The number of imidazole rings is 2. The van der Waals surface area contributed by atoms with Gasteiger partial charge in [-0.05, 0) is 17.7 Å². The van der Waals surface area contributed by atoms with E-state index in [0.29, 0.717) is 18.5 Å². The highest BCUT2D eigenvalue weighted by molar-refractivity contribution is 5.87. The summed E-state index contributed by atoms with van der Waals surface area (Å²) in [4.78, 5) is 19.6. The van der Waals surface area contributed by atoms with Crippen LogP contribution in [0.5, 0.6) is 0 Å². The zero-order valence-electron chi connectivity index (χ0n) is 12.2. The minimum Gasteiger partial charge on any atom is -0.478 e. The Balaban J connectivity index is 1.77. The Morgan fingerprint density at radius 1 is 1.09 bits per heavy atom. The molecular weight excluding hydrogens is 280 g/mol. The van der Waals surface area contributed by atoms with Gasteiger partial charge in [-0.2, -0.15) is 0 Å². The summed E-state index contributed by atoms with van der Waals surface area (Å²) in [5, 5.41) is 8.92. The van der Waals surface area contributed by atoms with E-state index in [2.05, 4.69) is 9.97 Å². The predicted octanol–water partition coefficient (Wildman–Crippen LogP) is 1.95. The first-order chi connectivity index (χ1) is 10.6. The number of aromatic carboxylic acids is 1. The van der Waals surface area contributed by atoms with Crippen LogP contribution in [-0.4, -0.2) is 30.2 Å². The zero-order valence-corrected chi connectivity index (χ0v) is 12.2. The Kier molecular flexibility index (Phi) is 3.74. The molecule has 0 saturated carbocycles. The van der Waals surface area contributed by atoms with Crippen LogP contribution in [0.3, 0.4) is 0 Å². The summed E-state index contributed by atoms with van der Waals surface area (Å²) in [6.45, 7) is 0.652. The number of aryl methyl sites for hydroxylation is 1. The molecule has 3 rings (SSSR count). The summed E-state index contributed by atoms with van der Waals surface area (Å²) in [6.07, 6.45) is 8.03. The SMILES string of the molecule is Cn1ccnc1Cc1nccn1Cc1ccc(C(=O)O)cc1. The van der Waals surface area contributed by atoms with Crippen molar-refractivity contribution in [2.24, 2.45) is 7.05 Å². The summed E-state index contributed by atoms with van der Waals surface area (Å²) in [7, 11) is 1.96. The molecule has 2 aromatic heterocycles. The van der Waals surface area contributed by atoms with Gasteiger partial charge in [0.1, 0.15) is 11.6 Å². The van der Waals surface area contributed by atoms with Gasteiger partial charge in [0.05, 0.1) is 12.0 Å². The van der Waals surface area contributed by atoms with Gasteiger partial charge < -0.3 is 14.2 Å². The van der Waals surface area contributed by atoms with Crippen molar-refractivity contribution in [2.75, 3.05) is 0 Å². The topological polar surface area (TPSA) is 72.9 Å². The molecule has 0 fully saturated rings. The Morgan fingerprint density at radius 3 is 2.41 bits per heavy atom. The smallest absolute Gasteiger partial charge is 0.335 e. The highest BCUT2D eigenvalue weighted by atomic mass is 16.4. The van der Waals surface area contributed by atoms with Gasteiger partial charge in [-0.1, -0.05) is 12.1 Å². The maximum atomic E-state index is 10.9. The van der Waals surface area contributed by atoms with E-state index in [9.17, 15) is 4.79 Å². The fourth-order valence-corrected chi connectivity index (χ4v) is 2.31. The molecule has 0 amide bonds. The van der Waals surface area contributed by atoms with Crippen LogP contribution in [0, 0.1) is 0 Å². The van der Waals surface area contributed by atoms with Gasteiger partial charge in [0.2, 0.25) is 0 Å².